The fourth-order valence-electron chi connectivity index (χ4n) is 1.94. The summed E-state index contributed by atoms with van der Waals surface area (Å²) in [5.74, 6) is -1.62. The molecule has 0 amide bonds. The van der Waals surface area contributed by atoms with E-state index in [0.29, 0.717) is 4.88 Å². The number of aliphatic carboxylic acids is 1. The van der Waals surface area contributed by atoms with Gasteiger partial charge in [-0.25, -0.2) is 8.42 Å². The molecule has 19 heavy (non-hydrogen) atoms. The molecule has 0 saturated heterocycles. The Hall–Kier alpha value is -1.13. The Morgan fingerprint density at radius 2 is 2.11 bits per heavy atom. The molecule has 0 radical (unpaired) electrons. The van der Waals surface area contributed by atoms with Gasteiger partial charge in [-0.05, 0) is 23.4 Å². The number of carboxylic acid groups (broad SMARTS) is 1. The van der Waals surface area contributed by atoms with Crippen LogP contribution in [0.25, 0.3) is 0 Å². The van der Waals surface area contributed by atoms with Gasteiger partial charge >= 0.3 is 21.5 Å². The summed E-state index contributed by atoms with van der Waals surface area (Å²) in [5, 5.41) is 10.6. The molecule has 0 fully saturated rings. The van der Waals surface area contributed by atoms with Crippen molar-refractivity contribution >= 4 is 27.3 Å². The van der Waals surface area contributed by atoms with E-state index in [1.807, 2.05) is 0 Å². The zero-order chi connectivity index (χ0) is 14.4. The molecule has 1 aliphatic heterocycles. The minimum absolute atomic E-state index is 0.00435. The molecule has 0 bridgehead atoms. The Labute approximate surface area is 110 Å². The molecular formula is C9H8F3NO4S2. The minimum Gasteiger partial charge on any atom is -0.480 e. The van der Waals surface area contributed by atoms with Gasteiger partial charge in [0.15, 0.2) is 0 Å². The van der Waals surface area contributed by atoms with Crippen LogP contribution in [0.2, 0.25) is 0 Å². The van der Waals surface area contributed by atoms with Crippen molar-refractivity contribution in [2.75, 3.05) is 6.54 Å². The number of nitrogens with zero attached hydrogens (tertiary/aromatic N) is 1. The summed E-state index contributed by atoms with van der Waals surface area (Å²) in [6, 6.07) is -0.474. The van der Waals surface area contributed by atoms with Crippen molar-refractivity contribution in [2.24, 2.45) is 0 Å². The number of hydrogen-bond donors (Lipinski definition) is 1. The molecule has 1 atom stereocenters. The van der Waals surface area contributed by atoms with Crippen LogP contribution in [0.4, 0.5) is 13.2 Å². The Morgan fingerprint density at radius 1 is 1.47 bits per heavy atom. The number of rotatable bonds is 2. The predicted octanol–water partition coefficient (Wildman–Crippen LogP) is 1.58. The van der Waals surface area contributed by atoms with Gasteiger partial charge in [-0.15, -0.1) is 11.3 Å². The number of halogens is 3. The standard InChI is InChI=1S/C9H8F3NO4S2/c10-9(11,12)19(16,17)13-3-1-6-5(2-4-18-6)7(13)8(14)15/h2,4,7H,1,3H2,(H,14,15). The van der Waals surface area contributed by atoms with Gasteiger partial charge in [0, 0.05) is 11.4 Å². The maximum absolute atomic E-state index is 12.5. The molecule has 106 valence electrons. The highest BCUT2D eigenvalue weighted by Gasteiger charge is 2.54. The van der Waals surface area contributed by atoms with Gasteiger partial charge < -0.3 is 5.11 Å². The highest BCUT2D eigenvalue weighted by molar-refractivity contribution is 7.90. The summed E-state index contributed by atoms with van der Waals surface area (Å²) in [5.41, 5.74) is -5.40. The lowest BCUT2D eigenvalue weighted by Gasteiger charge is -2.32. The van der Waals surface area contributed by atoms with Gasteiger partial charge in [-0.2, -0.15) is 17.5 Å². The zero-order valence-electron chi connectivity index (χ0n) is 9.22. The van der Waals surface area contributed by atoms with Crippen LogP contribution in [0, 0.1) is 0 Å². The lowest BCUT2D eigenvalue weighted by Crippen LogP contribution is -2.48. The Kier molecular flexibility index (Phi) is 3.35. The van der Waals surface area contributed by atoms with Crippen LogP contribution in [0.1, 0.15) is 16.5 Å². The van der Waals surface area contributed by atoms with E-state index in [0.717, 1.165) is 0 Å². The Morgan fingerprint density at radius 3 is 2.63 bits per heavy atom. The number of carbonyl (C=O) groups is 1. The highest BCUT2D eigenvalue weighted by atomic mass is 32.2. The van der Waals surface area contributed by atoms with Crippen LogP contribution >= 0.6 is 11.3 Å². The van der Waals surface area contributed by atoms with Crippen molar-refractivity contribution in [3.8, 4) is 0 Å². The van der Waals surface area contributed by atoms with Crippen molar-refractivity contribution in [1.82, 2.24) is 4.31 Å². The highest BCUT2D eigenvalue weighted by Crippen LogP contribution is 2.39. The second-order valence-electron chi connectivity index (χ2n) is 3.85. The summed E-state index contributed by atoms with van der Waals surface area (Å²) in [6.07, 6.45) is 0.0755. The third-order valence-corrected chi connectivity index (χ3v) is 5.35. The molecule has 0 aliphatic carbocycles. The monoisotopic (exact) mass is 315 g/mol. The first-order valence-corrected chi connectivity index (χ1v) is 7.35. The first kappa shape index (κ1) is 14.3. The molecule has 2 rings (SSSR count). The van der Waals surface area contributed by atoms with Crippen LogP contribution in [0.15, 0.2) is 11.4 Å². The fourth-order valence-corrected chi connectivity index (χ4v) is 3.92. The number of hydrogen-bond acceptors (Lipinski definition) is 4. The van der Waals surface area contributed by atoms with Crippen LogP contribution < -0.4 is 0 Å². The summed E-state index contributed by atoms with van der Waals surface area (Å²) in [7, 11) is -5.66. The molecule has 1 aromatic rings. The summed E-state index contributed by atoms with van der Waals surface area (Å²) >= 11 is 1.20. The topological polar surface area (TPSA) is 74.7 Å². The van der Waals surface area contributed by atoms with E-state index in [9.17, 15) is 26.4 Å². The average Bonchev–Trinajstić information content (AvgIpc) is 2.73. The van der Waals surface area contributed by atoms with Crippen molar-refractivity contribution in [3.05, 3.63) is 21.9 Å². The largest absolute Gasteiger partial charge is 0.511 e. The minimum atomic E-state index is -5.66. The van der Waals surface area contributed by atoms with E-state index in [1.165, 1.54) is 22.8 Å². The van der Waals surface area contributed by atoms with E-state index in [-0.39, 0.29) is 16.3 Å². The number of fused-ring (bicyclic) bond motifs is 1. The average molecular weight is 315 g/mol. The molecule has 2 heterocycles. The van der Waals surface area contributed by atoms with Crippen LogP contribution in [-0.2, 0) is 21.2 Å². The first-order valence-electron chi connectivity index (χ1n) is 5.03. The van der Waals surface area contributed by atoms with Crippen molar-refractivity contribution in [3.63, 3.8) is 0 Å². The molecule has 1 N–H and O–H groups in total. The maximum atomic E-state index is 12.5. The Balaban J connectivity index is 2.52. The van der Waals surface area contributed by atoms with E-state index in [2.05, 4.69) is 0 Å². The van der Waals surface area contributed by atoms with Crippen molar-refractivity contribution < 1.29 is 31.5 Å². The van der Waals surface area contributed by atoms with Crippen LogP contribution in [-0.4, -0.2) is 35.9 Å². The molecule has 1 aromatic heterocycles. The molecule has 0 spiro atoms. The predicted molar refractivity (Wildman–Crippen MR) is 60.1 cm³/mol. The third kappa shape index (κ3) is 2.23. The van der Waals surface area contributed by atoms with E-state index < -0.39 is 34.1 Å². The van der Waals surface area contributed by atoms with E-state index in [1.54, 1.807) is 0 Å². The van der Waals surface area contributed by atoms with Gasteiger partial charge in [-0.1, -0.05) is 0 Å². The number of sulfonamides is 1. The number of alkyl halides is 3. The normalized spacial score (nSPS) is 21.1. The first-order chi connectivity index (χ1) is 8.66. The maximum Gasteiger partial charge on any atom is 0.511 e. The lowest BCUT2D eigenvalue weighted by molar-refractivity contribution is -0.142. The van der Waals surface area contributed by atoms with Crippen molar-refractivity contribution in [1.29, 1.82) is 0 Å². The van der Waals surface area contributed by atoms with Gasteiger partial charge in [-0.3, -0.25) is 4.79 Å². The quantitative estimate of drug-likeness (QED) is 0.899. The summed E-state index contributed by atoms with van der Waals surface area (Å²) in [6.45, 7) is -0.494. The van der Waals surface area contributed by atoms with E-state index in [4.69, 9.17) is 5.11 Å². The molecule has 0 saturated carbocycles. The Bertz CT molecular complexity index is 607. The summed E-state index contributed by atoms with van der Waals surface area (Å²) < 4.78 is 60.4. The van der Waals surface area contributed by atoms with E-state index >= 15 is 0 Å². The lowest BCUT2D eigenvalue weighted by atomic mass is 10.0. The van der Waals surface area contributed by atoms with Gasteiger partial charge in [0.1, 0.15) is 6.04 Å². The molecular weight excluding hydrogens is 307 g/mol. The molecule has 1 aliphatic rings. The second kappa shape index (κ2) is 4.46. The second-order valence-corrected chi connectivity index (χ2v) is 6.73. The van der Waals surface area contributed by atoms with Gasteiger partial charge in [0.05, 0.1) is 0 Å². The molecule has 5 nitrogen and oxygen atoms in total. The summed E-state index contributed by atoms with van der Waals surface area (Å²) in [4.78, 5) is 11.7. The van der Waals surface area contributed by atoms with Gasteiger partial charge in [0.25, 0.3) is 0 Å². The smallest absolute Gasteiger partial charge is 0.480 e. The fraction of sp³-hybridized carbons (Fsp3) is 0.444. The van der Waals surface area contributed by atoms with Gasteiger partial charge in [0.2, 0.25) is 0 Å². The SMILES string of the molecule is O=C(O)C1c2ccsc2CCN1S(=O)(=O)C(F)(F)F. The molecule has 1 unspecified atom stereocenters. The molecule has 10 heteroatoms. The third-order valence-electron chi connectivity index (χ3n) is 2.76. The molecule has 0 aromatic carbocycles. The van der Waals surface area contributed by atoms with Crippen molar-refractivity contribution in [2.45, 2.75) is 18.0 Å². The number of thiophene rings is 1. The number of carboxylic acids is 1. The van der Waals surface area contributed by atoms with Crippen LogP contribution in [0.5, 0.6) is 0 Å². The zero-order valence-corrected chi connectivity index (χ0v) is 10.8. The van der Waals surface area contributed by atoms with Crippen LogP contribution in [0.3, 0.4) is 0 Å².